The van der Waals surface area contributed by atoms with E-state index < -0.39 is 11.9 Å². The Morgan fingerprint density at radius 2 is 1.12 bits per heavy atom. The second kappa shape index (κ2) is 13.1. The van der Waals surface area contributed by atoms with E-state index in [1.54, 1.807) is 13.8 Å². The van der Waals surface area contributed by atoms with Crippen LogP contribution >= 0.6 is 0 Å². The maximum atomic E-state index is 11.2. The van der Waals surface area contributed by atoms with Crippen LogP contribution in [0.2, 0.25) is 0 Å². The first kappa shape index (κ1) is 25.7. The van der Waals surface area contributed by atoms with Crippen LogP contribution in [0, 0.1) is 0 Å². The third-order valence-corrected chi connectivity index (χ3v) is 4.91. The number of carbonyl (C=O) groups excluding carboxylic acids is 2. The molecule has 0 amide bonds. The van der Waals surface area contributed by atoms with E-state index in [1.807, 2.05) is 48.5 Å². The maximum Gasteiger partial charge on any atom is 0.330 e. The molecule has 6 heteroatoms. The van der Waals surface area contributed by atoms with Gasteiger partial charge in [0.25, 0.3) is 0 Å². The Bertz CT molecular complexity index is 841. The molecule has 33 heavy (non-hydrogen) atoms. The third-order valence-electron chi connectivity index (χ3n) is 4.91. The highest BCUT2D eigenvalue weighted by atomic mass is 16.6. The Kier molecular flexibility index (Phi) is 10.2. The minimum atomic E-state index is -0.464. The van der Waals surface area contributed by atoms with E-state index in [2.05, 4.69) is 20.1 Å². The van der Waals surface area contributed by atoms with Gasteiger partial charge in [0.2, 0.25) is 0 Å². The van der Waals surface area contributed by atoms with Crippen molar-refractivity contribution in [3.8, 4) is 11.5 Å². The van der Waals surface area contributed by atoms with Gasteiger partial charge >= 0.3 is 11.9 Å². The maximum absolute atomic E-state index is 11.2. The minimum absolute atomic E-state index is 0.230. The van der Waals surface area contributed by atoms with Gasteiger partial charge in [-0.3, -0.25) is 0 Å². The van der Waals surface area contributed by atoms with Crippen LogP contribution in [0.5, 0.6) is 11.5 Å². The molecule has 0 saturated carbocycles. The van der Waals surface area contributed by atoms with Gasteiger partial charge in [-0.2, -0.15) is 0 Å². The van der Waals surface area contributed by atoms with Crippen molar-refractivity contribution < 1.29 is 28.5 Å². The van der Waals surface area contributed by atoms with Crippen LogP contribution in [-0.4, -0.2) is 37.4 Å². The molecule has 2 unspecified atom stereocenters. The summed E-state index contributed by atoms with van der Waals surface area (Å²) in [4.78, 5) is 22.5. The molecule has 0 aliphatic carbocycles. The van der Waals surface area contributed by atoms with Crippen LogP contribution in [0.25, 0.3) is 0 Å². The summed E-state index contributed by atoms with van der Waals surface area (Å²) in [5.74, 6) is 0.729. The van der Waals surface area contributed by atoms with Crippen LogP contribution in [0.15, 0.2) is 73.8 Å². The second-order valence-corrected chi connectivity index (χ2v) is 7.62. The number of hydrogen-bond acceptors (Lipinski definition) is 6. The summed E-state index contributed by atoms with van der Waals surface area (Å²) in [6.07, 6.45) is 2.48. The molecule has 2 aromatic rings. The van der Waals surface area contributed by atoms with Crippen molar-refractivity contribution in [2.75, 3.05) is 13.2 Å². The Balaban J connectivity index is 1.93. The highest BCUT2D eigenvalue weighted by Gasteiger charge is 2.14. The fraction of sp³-hybridized carbons (Fsp3) is 0.333. The molecular formula is C27H32O6. The van der Waals surface area contributed by atoms with Crippen LogP contribution in [0.1, 0.15) is 44.2 Å². The number of rotatable bonds is 13. The topological polar surface area (TPSA) is 71.1 Å². The van der Waals surface area contributed by atoms with Crippen molar-refractivity contribution >= 4 is 11.9 Å². The molecule has 176 valence electrons. The van der Waals surface area contributed by atoms with Gasteiger partial charge in [-0.25, -0.2) is 9.59 Å². The molecule has 0 aliphatic heterocycles. The smallest absolute Gasteiger partial charge is 0.330 e. The van der Waals surface area contributed by atoms with E-state index >= 15 is 0 Å². The zero-order valence-electron chi connectivity index (χ0n) is 19.5. The highest BCUT2D eigenvalue weighted by Crippen LogP contribution is 2.30. The second-order valence-electron chi connectivity index (χ2n) is 7.62. The summed E-state index contributed by atoms with van der Waals surface area (Å²) in [6.45, 7) is 13.0. The Morgan fingerprint density at radius 3 is 1.42 bits per heavy atom. The summed E-state index contributed by atoms with van der Waals surface area (Å²) in [7, 11) is 0. The van der Waals surface area contributed by atoms with Crippen molar-refractivity contribution in [3.63, 3.8) is 0 Å². The zero-order chi connectivity index (χ0) is 24.2. The van der Waals surface area contributed by atoms with Gasteiger partial charge < -0.3 is 18.9 Å². The molecule has 6 nitrogen and oxygen atoms in total. The molecule has 0 aromatic heterocycles. The fourth-order valence-electron chi connectivity index (χ4n) is 3.24. The number of esters is 2. The van der Waals surface area contributed by atoms with Gasteiger partial charge in [-0.15, -0.1) is 0 Å². The SMILES string of the molecule is C=CC(=O)OC(C)COc1ccc(C(CC)c2ccc(OCC(C)OC(=O)C=C)cc2)cc1. The zero-order valence-corrected chi connectivity index (χ0v) is 19.5. The van der Waals surface area contributed by atoms with Crippen molar-refractivity contribution in [1.29, 1.82) is 0 Å². The van der Waals surface area contributed by atoms with Gasteiger partial charge in [-0.05, 0) is 55.7 Å². The van der Waals surface area contributed by atoms with Crippen molar-refractivity contribution in [2.45, 2.75) is 45.3 Å². The number of hydrogen-bond donors (Lipinski definition) is 0. The first-order chi connectivity index (χ1) is 15.9. The monoisotopic (exact) mass is 452 g/mol. The van der Waals surface area contributed by atoms with Gasteiger partial charge in [0.15, 0.2) is 0 Å². The molecule has 2 aromatic carbocycles. The standard InChI is InChI=1S/C27H32O6/c1-6-25(21-9-13-23(14-10-21)30-17-19(4)32-26(28)7-2)22-11-15-24(16-12-22)31-18-20(5)33-27(29)8-3/h7-16,19-20,25H,2-3,6,17-18H2,1,4-5H3. The molecule has 0 aliphatic rings. The average molecular weight is 453 g/mol. The Labute approximate surface area is 195 Å². The van der Waals surface area contributed by atoms with E-state index in [9.17, 15) is 9.59 Å². The van der Waals surface area contributed by atoms with Gasteiger partial charge in [0.1, 0.15) is 36.9 Å². The normalized spacial score (nSPS) is 13.2. The number of benzene rings is 2. The van der Waals surface area contributed by atoms with Gasteiger partial charge in [0, 0.05) is 18.1 Å². The summed E-state index contributed by atoms with van der Waals surface area (Å²) in [5, 5.41) is 0. The van der Waals surface area contributed by atoms with Gasteiger partial charge in [0.05, 0.1) is 0 Å². The fourth-order valence-corrected chi connectivity index (χ4v) is 3.24. The highest BCUT2D eigenvalue weighted by molar-refractivity contribution is 5.81. The molecule has 2 atom stereocenters. The van der Waals surface area contributed by atoms with Crippen LogP contribution in [-0.2, 0) is 19.1 Å². The average Bonchev–Trinajstić information content (AvgIpc) is 2.83. The molecule has 0 spiro atoms. The molecule has 0 fully saturated rings. The molecule has 0 N–H and O–H groups in total. The molecule has 0 radical (unpaired) electrons. The van der Waals surface area contributed by atoms with Crippen LogP contribution in [0.4, 0.5) is 0 Å². The molecule has 0 bridgehead atoms. The van der Waals surface area contributed by atoms with Crippen LogP contribution in [0.3, 0.4) is 0 Å². The quantitative estimate of drug-likeness (QED) is 0.306. The lowest BCUT2D eigenvalue weighted by Crippen LogP contribution is -2.20. The summed E-state index contributed by atoms with van der Waals surface area (Å²) in [5.41, 5.74) is 2.35. The first-order valence-electron chi connectivity index (χ1n) is 11.0. The van der Waals surface area contributed by atoms with Crippen molar-refractivity contribution in [3.05, 3.63) is 85.0 Å². The first-order valence-corrected chi connectivity index (χ1v) is 11.0. The van der Waals surface area contributed by atoms with Crippen LogP contribution < -0.4 is 9.47 Å². The Morgan fingerprint density at radius 1 is 0.758 bits per heavy atom. The lowest BCUT2D eigenvalue weighted by molar-refractivity contribution is -0.144. The van der Waals surface area contributed by atoms with E-state index in [-0.39, 0.29) is 31.3 Å². The lowest BCUT2D eigenvalue weighted by Gasteiger charge is -2.18. The molecule has 0 heterocycles. The van der Waals surface area contributed by atoms with E-state index in [4.69, 9.17) is 18.9 Å². The summed E-state index contributed by atoms with van der Waals surface area (Å²) in [6, 6.07) is 15.9. The number of carbonyl (C=O) groups is 2. The summed E-state index contributed by atoms with van der Waals surface area (Å²) >= 11 is 0. The predicted molar refractivity (Wildman–Crippen MR) is 128 cm³/mol. The van der Waals surface area contributed by atoms with Gasteiger partial charge in [-0.1, -0.05) is 44.3 Å². The predicted octanol–water partition coefficient (Wildman–Crippen LogP) is 5.22. The van der Waals surface area contributed by atoms with Crippen molar-refractivity contribution in [2.24, 2.45) is 0 Å². The van der Waals surface area contributed by atoms with E-state index in [0.29, 0.717) is 11.5 Å². The number of ether oxygens (including phenoxy) is 4. The molecular weight excluding hydrogens is 420 g/mol. The largest absolute Gasteiger partial charge is 0.490 e. The molecule has 2 rings (SSSR count). The third kappa shape index (κ3) is 8.48. The lowest BCUT2D eigenvalue weighted by atomic mass is 9.89. The summed E-state index contributed by atoms with van der Waals surface area (Å²) < 4.78 is 21.6. The Hall–Kier alpha value is -3.54. The van der Waals surface area contributed by atoms with E-state index in [1.165, 1.54) is 11.1 Å². The molecule has 0 saturated heterocycles. The minimum Gasteiger partial charge on any atom is -0.490 e. The van der Waals surface area contributed by atoms with E-state index in [0.717, 1.165) is 18.6 Å². The van der Waals surface area contributed by atoms with Crippen molar-refractivity contribution in [1.82, 2.24) is 0 Å².